The number of rotatable bonds is 7. The molecular formula is C19H19ClN2O3. The van der Waals surface area contributed by atoms with Crippen LogP contribution in [0.15, 0.2) is 36.4 Å². The molecule has 0 saturated heterocycles. The lowest BCUT2D eigenvalue weighted by atomic mass is 10.1. The smallest absolute Gasteiger partial charge is 0.258 e. The fourth-order valence-electron chi connectivity index (χ4n) is 2.19. The second-order valence-electron chi connectivity index (χ2n) is 5.51. The average molecular weight is 359 g/mol. The molecule has 0 radical (unpaired) electrons. The van der Waals surface area contributed by atoms with Crippen LogP contribution in [0.1, 0.15) is 16.7 Å². The van der Waals surface area contributed by atoms with Crippen LogP contribution in [-0.4, -0.2) is 25.7 Å². The highest BCUT2D eigenvalue weighted by Crippen LogP contribution is 2.25. The maximum absolute atomic E-state index is 11.8. The van der Waals surface area contributed by atoms with Crippen LogP contribution in [0.2, 0.25) is 5.02 Å². The van der Waals surface area contributed by atoms with Crippen molar-refractivity contribution >= 4 is 17.5 Å². The van der Waals surface area contributed by atoms with Crippen LogP contribution in [0.5, 0.6) is 11.5 Å². The molecule has 0 aromatic heterocycles. The van der Waals surface area contributed by atoms with Crippen molar-refractivity contribution in [3.8, 4) is 17.6 Å². The lowest BCUT2D eigenvalue weighted by molar-refractivity contribution is -0.123. The highest BCUT2D eigenvalue weighted by atomic mass is 35.5. The molecule has 2 rings (SSSR count). The number of aryl methyl sites for hydroxylation is 2. The van der Waals surface area contributed by atoms with Crippen molar-refractivity contribution in [2.45, 2.75) is 13.8 Å². The molecular weight excluding hydrogens is 340 g/mol. The molecule has 0 fully saturated rings. The van der Waals surface area contributed by atoms with E-state index in [2.05, 4.69) is 5.32 Å². The number of halogens is 1. The zero-order valence-corrected chi connectivity index (χ0v) is 14.9. The van der Waals surface area contributed by atoms with Crippen LogP contribution in [0.3, 0.4) is 0 Å². The normalized spacial score (nSPS) is 10.0. The van der Waals surface area contributed by atoms with Gasteiger partial charge in [-0.25, -0.2) is 0 Å². The molecule has 0 bridgehead atoms. The van der Waals surface area contributed by atoms with E-state index < -0.39 is 0 Å². The van der Waals surface area contributed by atoms with Crippen LogP contribution >= 0.6 is 11.6 Å². The number of carbonyl (C=O) groups is 1. The summed E-state index contributed by atoms with van der Waals surface area (Å²) in [6.07, 6.45) is 0. The van der Waals surface area contributed by atoms with Crippen molar-refractivity contribution in [1.82, 2.24) is 5.32 Å². The molecule has 1 N–H and O–H groups in total. The van der Waals surface area contributed by atoms with E-state index in [9.17, 15) is 4.79 Å². The quantitative estimate of drug-likeness (QED) is 0.770. The summed E-state index contributed by atoms with van der Waals surface area (Å²) in [5, 5.41) is 11.8. The lowest BCUT2D eigenvalue weighted by Crippen LogP contribution is -2.32. The van der Waals surface area contributed by atoms with Crippen molar-refractivity contribution in [3.63, 3.8) is 0 Å². The predicted molar refractivity (Wildman–Crippen MR) is 96.1 cm³/mol. The van der Waals surface area contributed by atoms with Gasteiger partial charge in [-0.1, -0.05) is 29.3 Å². The Morgan fingerprint density at radius 2 is 1.92 bits per heavy atom. The fraction of sp³-hybridized carbons (Fsp3) is 0.263. The van der Waals surface area contributed by atoms with Gasteiger partial charge in [0.15, 0.2) is 6.61 Å². The Bertz CT molecular complexity index is 800. The molecule has 0 atom stereocenters. The van der Waals surface area contributed by atoms with E-state index in [-0.39, 0.29) is 12.5 Å². The van der Waals surface area contributed by atoms with Crippen molar-refractivity contribution in [1.29, 1.82) is 5.26 Å². The lowest BCUT2D eigenvalue weighted by Gasteiger charge is -2.11. The van der Waals surface area contributed by atoms with Gasteiger partial charge in [-0.05, 0) is 43.7 Å². The molecule has 130 valence electrons. The Morgan fingerprint density at radius 3 is 2.60 bits per heavy atom. The zero-order chi connectivity index (χ0) is 18.2. The summed E-state index contributed by atoms with van der Waals surface area (Å²) in [6.45, 7) is 4.59. The van der Waals surface area contributed by atoms with Crippen molar-refractivity contribution in [2.75, 3.05) is 19.8 Å². The van der Waals surface area contributed by atoms with Crippen LogP contribution in [-0.2, 0) is 4.79 Å². The molecule has 2 aromatic rings. The molecule has 25 heavy (non-hydrogen) atoms. The summed E-state index contributed by atoms with van der Waals surface area (Å²) in [5.41, 5.74) is 2.67. The minimum Gasteiger partial charge on any atom is -0.491 e. The minimum atomic E-state index is -0.273. The standard InChI is InChI=1S/C19H19ClN2O3/c1-13-3-5-17(14(2)9-13)24-8-7-22-19(23)12-25-18-6-4-15(11-21)10-16(18)20/h3-6,9-10H,7-8,12H2,1-2H3,(H,22,23). The summed E-state index contributed by atoms with van der Waals surface area (Å²) in [4.78, 5) is 11.8. The number of hydrogen-bond donors (Lipinski definition) is 1. The molecule has 0 unspecified atom stereocenters. The van der Waals surface area contributed by atoms with Crippen molar-refractivity contribution < 1.29 is 14.3 Å². The first kappa shape index (κ1) is 18.6. The topological polar surface area (TPSA) is 71.3 Å². The highest BCUT2D eigenvalue weighted by Gasteiger charge is 2.07. The molecule has 1 amide bonds. The van der Waals surface area contributed by atoms with Gasteiger partial charge in [0.2, 0.25) is 0 Å². The molecule has 5 nitrogen and oxygen atoms in total. The van der Waals surface area contributed by atoms with Crippen LogP contribution in [0, 0.1) is 25.2 Å². The molecule has 0 heterocycles. The van der Waals surface area contributed by atoms with Gasteiger partial charge in [0.1, 0.15) is 18.1 Å². The van der Waals surface area contributed by atoms with Crippen LogP contribution in [0.4, 0.5) is 0 Å². The van der Waals surface area contributed by atoms with Gasteiger partial charge in [0, 0.05) is 0 Å². The number of carbonyl (C=O) groups excluding carboxylic acids is 1. The Hall–Kier alpha value is -2.71. The van der Waals surface area contributed by atoms with Gasteiger partial charge in [-0.15, -0.1) is 0 Å². The Labute approximate surface area is 152 Å². The first-order valence-electron chi connectivity index (χ1n) is 7.79. The van der Waals surface area contributed by atoms with Gasteiger partial charge in [0.05, 0.1) is 23.2 Å². The number of amides is 1. The van der Waals surface area contributed by atoms with E-state index >= 15 is 0 Å². The number of hydrogen-bond acceptors (Lipinski definition) is 4. The molecule has 0 saturated carbocycles. The highest BCUT2D eigenvalue weighted by molar-refractivity contribution is 6.32. The van der Waals surface area contributed by atoms with Gasteiger partial charge in [0.25, 0.3) is 5.91 Å². The van der Waals surface area contributed by atoms with E-state index in [0.717, 1.165) is 11.3 Å². The average Bonchev–Trinajstić information content (AvgIpc) is 2.59. The third kappa shape index (κ3) is 5.70. The molecule has 6 heteroatoms. The zero-order valence-electron chi connectivity index (χ0n) is 14.1. The van der Waals surface area contributed by atoms with E-state index in [4.69, 9.17) is 26.3 Å². The Morgan fingerprint density at radius 1 is 1.16 bits per heavy atom. The van der Waals surface area contributed by atoms with Gasteiger partial charge >= 0.3 is 0 Å². The molecule has 0 aliphatic carbocycles. The largest absolute Gasteiger partial charge is 0.491 e. The van der Waals surface area contributed by atoms with Crippen LogP contribution < -0.4 is 14.8 Å². The summed E-state index contributed by atoms with van der Waals surface area (Å²) in [6, 6.07) is 12.6. The Kier molecular flexibility index (Phi) is 6.67. The SMILES string of the molecule is Cc1ccc(OCCNC(=O)COc2ccc(C#N)cc2Cl)c(C)c1. The first-order chi connectivity index (χ1) is 12.0. The number of benzene rings is 2. The third-order valence-electron chi connectivity index (χ3n) is 3.43. The second kappa shape index (κ2) is 8.95. The second-order valence-corrected chi connectivity index (χ2v) is 5.92. The van der Waals surface area contributed by atoms with Crippen molar-refractivity contribution in [2.24, 2.45) is 0 Å². The van der Waals surface area contributed by atoms with E-state index in [1.54, 1.807) is 12.1 Å². The fourth-order valence-corrected chi connectivity index (χ4v) is 2.43. The van der Waals surface area contributed by atoms with Gasteiger partial charge in [-0.2, -0.15) is 5.26 Å². The first-order valence-corrected chi connectivity index (χ1v) is 8.16. The van der Waals surface area contributed by atoms with E-state index in [1.165, 1.54) is 11.6 Å². The maximum Gasteiger partial charge on any atom is 0.258 e. The summed E-state index contributed by atoms with van der Waals surface area (Å²) < 4.78 is 11.0. The molecule has 0 spiro atoms. The third-order valence-corrected chi connectivity index (χ3v) is 3.73. The molecule has 2 aromatic carbocycles. The Balaban J connectivity index is 1.71. The van der Waals surface area contributed by atoms with Crippen LogP contribution in [0.25, 0.3) is 0 Å². The number of nitriles is 1. The minimum absolute atomic E-state index is 0.158. The number of nitrogens with zero attached hydrogens (tertiary/aromatic N) is 1. The summed E-state index contributed by atoms with van der Waals surface area (Å²) in [7, 11) is 0. The summed E-state index contributed by atoms with van der Waals surface area (Å²) >= 11 is 5.98. The van der Waals surface area contributed by atoms with Gasteiger partial charge in [-0.3, -0.25) is 4.79 Å². The maximum atomic E-state index is 11.8. The summed E-state index contributed by atoms with van der Waals surface area (Å²) in [5.74, 6) is 0.896. The van der Waals surface area contributed by atoms with Gasteiger partial charge < -0.3 is 14.8 Å². The monoisotopic (exact) mass is 358 g/mol. The predicted octanol–water partition coefficient (Wildman–Crippen LogP) is 3.40. The number of nitrogens with one attached hydrogen (secondary N) is 1. The molecule has 0 aliphatic heterocycles. The van der Waals surface area contributed by atoms with Crippen molar-refractivity contribution in [3.05, 3.63) is 58.1 Å². The number of ether oxygens (including phenoxy) is 2. The molecule has 0 aliphatic rings. The van der Waals surface area contributed by atoms with E-state index in [1.807, 2.05) is 38.1 Å². The van der Waals surface area contributed by atoms with E-state index in [0.29, 0.717) is 29.5 Å².